The minimum absolute atomic E-state index is 0.0624. The first-order chi connectivity index (χ1) is 8.20. The molecule has 17 heavy (non-hydrogen) atoms. The zero-order valence-electron chi connectivity index (χ0n) is 10.4. The van der Waals surface area contributed by atoms with Crippen molar-refractivity contribution in [3.8, 4) is 0 Å². The normalized spacial score (nSPS) is 40.4. The van der Waals surface area contributed by atoms with Gasteiger partial charge in [-0.15, -0.1) is 0 Å². The summed E-state index contributed by atoms with van der Waals surface area (Å²) in [5.41, 5.74) is 0. The van der Waals surface area contributed by atoms with Crippen LogP contribution in [0.1, 0.15) is 13.3 Å². The van der Waals surface area contributed by atoms with Gasteiger partial charge in [0.25, 0.3) is 0 Å². The van der Waals surface area contributed by atoms with Crippen molar-refractivity contribution in [3.63, 3.8) is 0 Å². The topological polar surface area (TPSA) is 62.2 Å². The van der Waals surface area contributed by atoms with E-state index in [0.717, 1.165) is 19.5 Å². The largest absolute Gasteiger partial charge is 0.394 e. The molecular formula is C12H23NO4. The lowest BCUT2D eigenvalue weighted by atomic mass is 9.97. The van der Waals surface area contributed by atoms with Crippen LogP contribution in [-0.2, 0) is 9.47 Å². The highest BCUT2D eigenvalue weighted by Gasteiger charge is 2.31. The molecule has 2 saturated heterocycles. The molecule has 0 aromatic carbocycles. The summed E-state index contributed by atoms with van der Waals surface area (Å²) in [6, 6.07) is 0.340. The number of ether oxygens (including phenoxy) is 2. The van der Waals surface area contributed by atoms with Crippen molar-refractivity contribution < 1.29 is 19.7 Å². The number of aliphatic hydroxyl groups excluding tert-OH is 2. The minimum atomic E-state index is -0.258. The molecule has 4 atom stereocenters. The molecule has 100 valence electrons. The van der Waals surface area contributed by atoms with E-state index in [1.807, 2.05) is 0 Å². The van der Waals surface area contributed by atoms with E-state index >= 15 is 0 Å². The fraction of sp³-hybridized carbons (Fsp3) is 1.00. The summed E-state index contributed by atoms with van der Waals surface area (Å²) in [7, 11) is 0. The van der Waals surface area contributed by atoms with Crippen molar-refractivity contribution in [1.82, 2.24) is 4.90 Å². The van der Waals surface area contributed by atoms with Crippen molar-refractivity contribution in [3.05, 3.63) is 0 Å². The molecule has 5 nitrogen and oxygen atoms in total. The van der Waals surface area contributed by atoms with Gasteiger partial charge in [0, 0.05) is 31.7 Å². The summed E-state index contributed by atoms with van der Waals surface area (Å²) >= 11 is 0. The SMILES string of the molecule is CC1COC(CO)CN1CC1COCCC1O. The van der Waals surface area contributed by atoms with Crippen molar-refractivity contribution >= 4 is 0 Å². The standard InChI is InChI=1S/C12H23NO4/c1-9-7-17-11(6-14)5-13(9)4-10-8-16-3-2-12(10)15/h9-12,14-15H,2-8H2,1H3. The highest BCUT2D eigenvalue weighted by atomic mass is 16.5. The van der Waals surface area contributed by atoms with E-state index < -0.39 is 0 Å². The molecular weight excluding hydrogens is 222 g/mol. The zero-order valence-corrected chi connectivity index (χ0v) is 10.4. The molecule has 2 rings (SSSR count). The summed E-state index contributed by atoms with van der Waals surface area (Å²) in [5.74, 6) is 0.184. The maximum absolute atomic E-state index is 9.92. The van der Waals surface area contributed by atoms with E-state index in [1.165, 1.54) is 0 Å². The van der Waals surface area contributed by atoms with Gasteiger partial charge in [-0.05, 0) is 13.3 Å². The van der Waals surface area contributed by atoms with Crippen molar-refractivity contribution in [2.24, 2.45) is 5.92 Å². The average Bonchev–Trinajstić information content (AvgIpc) is 2.35. The van der Waals surface area contributed by atoms with Crippen molar-refractivity contribution in [1.29, 1.82) is 0 Å². The Kier molecular flexibility index (Phi) is 4.76. The van der Waals surface area contributed by atoms with Gasteiger partial charge in [-0.3, -0.25) is 4.90 Å². The Labute approximate surface area is 102 Å². The molecule has 2 fully saturated rings. The third kappa shape index (κ3) is 3.39. The third-order valence-electron chi connectivity index (χ3n) is 3.74. The van der Waals surface area contributed by atoms with Crippen LogP contribution in [0.2, 0.25) is 0 Å². The maximum Gasteiger partial charge on any atom is 0.0933 e. The quantitative estimate of drug-likeness (QED) is 0.699. The average molecular weight is 245 g/mol. The van der Waals surface area contributed by atoms with Crippen LogP contribution in [0.3, 0.4) is 0 Å². The lowest BCUT2D eigenvalue weighted by Crippen LogP contribution is -2.53. The second-order valence-electron chi connectivity index (χ2n) is 5.13. The van der Waals surface area contributed by atoms with E-state index in [2.05, 4.69) is 11.8 Å². The second kappa shape index (κ2) is 6.11. The lowest BCUT2D eigenvalue weighted by Gasteiger charge is -2.40. The fourth-order valence-electron chi connectivity index (χ4n) is 2.50. The monoisotopic (exact) mass is 245 g/mol. The molecule has 0 spiro atoms. The summed E-state index contributed by atoms with van der Waals surface area (Å²) < 4.78 is 10.9. The number of rotatable bonds is 3. The van der Waals surface area contributed by atoms with Gasteiger partial charge in [-0.2, -0.15) is 0 Å². The molecule has 2 aliphatic heterocycles. The third-order valence-corrected chi connectivity index (χ3v) is 3.74. The van der Waals surface area contributed by atoms with E-state index in [1.54, 1.807) is 0 Å². The van der Waals surface area contributed by atoms with Gasteiger partial charge in [0.15, 0.2) is 0 Å². The van der Waals surface area contributed by atoms with Crippen LogP contribution < -0.4 is 0 Å². The number of nitrogens with zero attached hydrogens (tertiary/aromatic N) is 1. The molecule has 0 aromatic heterocycles. The van der Waals surface area contributed by atoms with Crippen LogP contribution >= 0.6 is 0 Å². The number of morpholine rings is 1. The highest BCUT2D eigenvalue weighted by molar-refractivity contribution is 4.82. The van der Waals surface area contributed by atoms with Gasteiger partial charge in [0.2, 0.25) is 0 Å². The number of aliphatic hydroxyl groups is 2. The number of hydrogen-bond acceptors (Lipinski definition) is 5. The van der Waals surface area contributed by atoms with Crippen molar-refractivity contribution in [2.45, 2.75) is 31.6 Å². The summed E-state index contributed by atoms with van der Waals surface area (Å²) in [4.78, 5) is 2.28. The maximum atomic E-state index is 9.92. The van der Waals surface area contributed by atoms with Gasteiger partial charge in [0.1, 0.15) is 0 Å². The Morgan fingerprint density at radius 2 is 2.18 bits per heavy atom. The highest BCUT2D eigenvalue weighted by Crippen LogP contribution is 2.19. The molecule has 0 aromatic rings. The summed E-state index contributed by atoms with van der Waals surface area (Å²) in [6.07, 6.45) is 0.381. The van der Waals surface area contributed by atoms with Gasteiger partial charge < -0.3 is 19.7 Å². The molecule has 0 saturated carbocycles. The predicted molar refractivity (Wildman–Crippen MR) is 62.8 cm³/mol. The number of hydrogen-bond donors (Lipinski definition) is 2. The van der Waals surface area contributed by atoms with Crippen LogP contribution in [0.25, 0.3) is 0 Å². The van der Waals surface area contributed by atoms with Gasteiger partial charge in [0.05, 0.1) is 32.0 Å². The molecule has 0 bridgehead atoms. The van der Waals surface area contributed by atoms with Gasteiger partial charge >= 0.3 is 0 Å². The Hall–Kier alpha value is -0.200. The van der Waals surface area contributed by atoms with Crippen LogP contribution in [0, 0.1) is 5.92 Å². The van der Waals surface area contributed by atoms with E-state index in [4.69, 9.17) is 14.6 Å². The van der Waals surface area contributed by atoms with Crippen LogP contribution in [0.5, 0.6) is 0 Å². The first kappa shape index (κ1) is 13.2. The lowest BCUT2D eigenvalue weighted by molar-refractivity contribution is -0.101. The van der Waals surface area contributed by atoms with E-state index in [9.17, 15) is 5.11 Å². The van der Waals surface area contributed by atoms with Crippen LogP contribution in [0.15, 0.2) is 0 Å². The fourth-order valence-corrected chi connectivity index (χ4v) is 2.50. The molecule has 0 radical (unpaired) electrons. The molecule has 0 aliphatic carbocycles. The van der Waals surface area contributed by atoms with E-state index in [0.29, 0.717) is 25.9 Å². The zero-order chi connectivity index (χ0) is 12.3. The first-order valence-electron chi connectivity index (χ1n) is 6.43. The van der Waals surface area contributed by atoms with Gasteiger partial charge in [-0.1, -0.05) is 0 Å². The molecule has 2 aliphatic rings. The molecule has 4 unspecified atom stereocenters. The Balaban J connectivity index is 1.87. The first-order valence-corrected chi connectivity index (χ1v) is 6.43. The van der Waals surface area contributed by atoms with Crippen LogP contribution in [0.4, 0.5) is 0 Å². The Morgan fingerprint density at radius 3 is 2.88 bits per heavy atom. The Bertz CT molecular complexity index is 239. The van der Waals surface area contributed by atoms with Crippen LogP contribution in [-0.4, -0.2) is 72.9 Å². The molecule has 2 N–H and O–H groups in total. The summed E-state index contributed by atoms with van der Waals surface area (Å²) in [5, 5.41) is 19.0. The molecule has 5 heteroatoms. The summed E-state index contributed by atoms with van der Waals surface area (Å²) in [6.45, 7) is 5.68. The Morgan fingerprint density at radius 1 is 1.35 bits per heavy atom. The van der Waals surface area contributed by atoms with E-state index in [-0.39, 0.29) is 24.7 Å². The molecule has 0 amide bonds. The smallest absolute Gasteiger partial charge is 0.0933 e. The van der Waals surface area contributed by atoms with Gasteiger partial charge in [-0.25, -0.2) is 0 Å². The van der Waals surface area contributed by atoms with Crippen molar-refractivity contribution in [2.75, 3.05) is 39.5 Å². The molecule has 2 heterocycles. The predicted octanol–water partition coefficient (Wildman–Crippen LogP) is -0.535. The second-order valence-corrected chi connectivity index (χ2v) is 5.13. The minimum Gasteiger partial charge on any atom is -0.394 e.